The van der Waals surface area contributed by atoms with Crippen LogP contribution in [-0.2, 0) is 17.7 Å². The van der Waals surface area contributed by atoms with E-state index in [0.717, 1.165) is 65.4 Å². The van der Waals surface area contributed by atoms with Crippen LogP contribution in [-0.4, -0.2) is 71.2 Å². The van der Waals surface area contributed by atoms with E-state index >= 15 is 0 Å². The maximum Gasteiger partial charge on any atom is 0.324 e. The molecule has 0 aliphatic heterocycles. The molecule has 30 heavy (non-hydrogen) atoms. The summed E-state index contributed by atoms with van der Waals surface area (Å²) in [5, 5.41) is 7.17. The maximum atomic E-state index is 5.81. The summed E-state index contributed by atoms with van der Waals surface area (Å²) < 4.78 is 23.3. The number of rotatable bonds is 23. The summed E-state index contributed by atoms with van der Waals surface area (Å²) >= 11 is 0. The first-order valence-electron chi connectivity index (χ1n) is 12.5. The average Bonchev–Trinajstić information content (AvgIpc) is 2.73. The smallest absolute Gasteiger partial charge is 0.324 e. The van der Waals surface area contributed by atoms with E-state index in [0.29, 0.717) is 11.1 Å². The van der Waals surface area contributed by atoms with Crippen molar-refractivity contribution in [3.8, 4) is 0 Å². The highest BCUT2D eigenvalue weighted by Crippen LogP contribution is 2.16. The second-order valence-electron chi connectivity index (χ2n) is 8.00. The van der Waals surface area contributed by atoms with Crippen molar-refractivity contribution in [1.82, 2.24) is 10.6 Å². The lowest BCUT2D eigenvalue weighted by Gasteiger charge is -2.21. The van der Waals surface area contributed by atoms with E-state index in [9.17, 15) is 0 Å². The minimum Gasteiger partial charge on any atom is -0.397 e. The molecule has 0 aromatic heterocycles. The van der Waals surface area contributed by atoms with Crippen LogP contribution in [0.25, 0.3) is 0 Å². The molecule has 0 aliphatic rings. The highest BCUT2D eigenvalue weighted by molar-refractivity contribution is 6.46. The normalized spacial score (nSPS) is 14.0. The second kappa shape index (κ2) is 22.4. The Balaban J connectivity index is 3.51. The standard InChI is InChI=1S/C22H52N2O4Si2/c1-7-25-29(26-8-2)21(5)15-19-23-17-13-11-12-14-18-24-20-16-22(6)30(27-9-3)28-10-4/h21-24,29-30H,7-20H2,1-6H3. The Bertz CT molecular complexity index is 313. The van der Waals surface area contributed by atoms with Gasteiger partial charge in [0.1, 0.15) is 0 Å². The van der Waals surface area contributed by atoms with Gasteiger partial charge in [0.2, 0.25) is 0 Å². The Labute approximate surface area is 190 Å². The molecule has 182 valence electrons. The van der Waals surface area contributed by atoms with Gasteiger partial charge >= 0.3 is 18.6 Å². The zero-order valence-electron chi connectivity index (χ0n) is 20.8. The van der Waals surface area contributed by atoms with Crippen LogP contribution >= 0.6 is 0 Å². The highest BCUT2D eigenvalue weighted by Gasteiger charge is 2.21. The average molecular weight is 465 g/mol. The lowest BCUT2D eigenvalue weighted by molar-refractivity contribution is 0.203. The zero-order valence-corrected chi connectivity index (χ0v) is 23.2. The third kappa shape index (κ3) is 16.8. The fraction of sp³-hybridized carbons (Fsp3) is 1.00. The molecule has 0 aromatic rings. The van der Waals surface area contributed by atoms with Gasteiger partial charge in [-0.15, -0.1) is 0 Å². The van der Waals surface area contributed by atoms with Crippen LogP contribution in [0.4, 0.5) is 0 Å². The summed E-state index contributed by atoms with van der Waals surface area (Å²) in [4.78, 5) is 0. The monoisotopic (exact) mass is 464 g/mol. The molecule has 0 saturated carbocycles. The molecule has 2 unspecified atom stereocenters. The maximum absolute atomic E-state index is 5.81. The third-order valence-electron chi connectivity index (χ3n) is 5.26. The first kappa shape index (κ1) is 30.2. The molecule has 0 saturated heterocycles. The van der Waals surface area contributed by atoms with E-state index in [2.05, 4.69) is 52.2 Å². The van der Waals surface area contributed by atoms with E-state index in [1.165, 1.54) is 25.7 Å². The summed E-state index contributed by atoms with van der Waals surface area (Å²) in [7, 11) is -2.98. The molecule has 0 aromatic carbocycles. The molecule has 0 bridgehead atoms. The molecule has 0 amide bonds. The van der Waals surface area contributed by atoms with Gasteiger partial charge in [-0.05, 0) is 90.6 Å². The Morgan fingerprint density at radius 3 is 1.17 bits per heavy atom. The van der Waals surface area contributed by atoms with Crippen LogP contribution in [0.1, 0.15) is 80.1 Å². The SMILES string of the molecule is CCO[SiH](OCC)C(C)CCNCCCCCCNCCC(C)[SiH](OCC)OCC. The van der Waals surface area contributed by atoms with Gasteiger partial charge in [-0.3, -0.25) is 0 Å². The van der Waals surface area contributed by atoms with Gasteiger partial charge in [0.05, 0.1) is 0 Å². The van der Waals surface area contributed by atoms with Crippen molar-refractivity contribution in [3.63, 3.8) is 0 Å². The summed E-state index contributed by atoms with van der Waals surface area (Å²) in [6.45, 7) is 20.2. The fourth-order valence-corrected chi connectivity index (χ4v) is 7.14. The van der Waals surface area contributed by atoms with E-state index in [1.807, 2.05) is 0 Å². The summed E-state index contributed by atoms with van der Waals surface area (Å²) in [5.41, 5.74) is 1.12. The Kier molecular flexibility index (Phi) is 22.5. The number of hydrogen-bond donors (Lipinski definition) is 2. The first-order valence-corrected chi connectivity index (χ1v) is 15.7. The van der Waals surface area contributed by atoms with Crippen LogP contribution in [0.5, 0.6) is 0 Å². The Hall–Kier alpha value is 0.194. The van der Waals surface area contributed by atoms with Gasteiger partial charge in [-0.1, -0.05) is 26.7 Å². The molecular weight excluding hydrogens is 412 g/mol. The number of nitrogens with one attached hydrogen (secondary N) is 2. The molecule has 8 heteroatoms. The van der Waals surface area contributed by atoms with E-state index in [1.54, 1.807) is 0 Å². The van der Waals surface area contributed by atoms with Gasteiger partial charge in [0.15, 0.2) is 0 Å². The van der Waals surface area contributed by atoms with E-state index in [-0.39, 0.29) is 0 Å². The van der Waals surface area contributed by atoms with Gasteiger partial charge in [0.25, 0.3) is 0 Å². The van der Waals surface area contributed by atoms with Gasteiger partial charge < -0.3 is 28.3 Å². The molecule has 0 spiro atoms. The van der Waals surface area contributed by atoms with Crippen molar-refractivity contribution in [2.24, 2.45) is 0 Å². The van der Waals surface area contributed by atoms with Crippen molar-refractivity contribution >= 4 is 18.6 Å². The van der Waals surface area contributed by atoms with E-state index < -0.39 is 18.6 Å². The lowest BCUT2D eigenvalue weighted by Crippen LogP contribution is -2.30. The van der Waals surface area contributed by atoms with Crippen molar-refractivity contribution in [3.05, 3.63) is 0 Å². The van der Waals surface area contributed by atoms with Crippen LogP contribution in [0.15, 0.2) is 0 Å². The van der Waals surface area contributed by atoms with Crippen LogP contribution in [0.2, 0.25) is 11.1 Å². The topological polar surface area (TPSA) is 61.0 Å². The number of hydrogen-bond acceptors (Lipinski definition) is 6. The highest BCUT2D eigenvalue weighted by atomic mass is 28.3. The predicted octanol–water partition coefficient (Wildman–Crippen LogP) is 3.87. The Morgan fingerprint density at radius 2 is 0.867 bits per heavy atom. The van der Waals surface area contributed by atoms with Crippen molar-refractivity contribution in [2.45, 2.75) is 91.1 Å². The van der Waals surface area contributed by atoms with E-state index in [4.69, 9.17) is 17.7 Å². The van der Waals surface area contributed by atoms with Gasteiger partial charge in [0, 0.05) is 26.4 Å². The lowest BCUT2D eigenvalue weighted by atomic mass is 10.2. The molecule has 0 heterocycles. The van der Waals surface area contributed by atoms with Crippen molar-refractivity contribution in [1.29, 1.82) is 0 Å². The van der Waals surface area contributed by atoms with Crippen molar-refractivity contribution in [2.75, 3.05) is 52.6 Å². The molecule has 0 aliphatic carbocycles. The predicted molar refractivity (Wildman–Crippen MR) is 133 cm³/mol. The summed E-state index contributed by atoms with van der Waals surface area (Å²) in [5.74, 6) is 0. The minimum atomic E-state index is -1.49. The number of unbranched alkanes of at least 4 members (excludes halogenated alkanes) is 3. The van der Waals surface area contributed by atoms with Crippen molar-refractivity contribution < 1.29 is 17.7 Å². The molecule has 2 atom stereocenters. The Morgan fingerprint density at radius 1 is 0.533 bits per heavy atom. The zero-order chi connectivity index (χ0) is 22.5. The third-order valence-corrected chi connectivity index (χ3v) is 10.4. The van der Waals surface area contributed by atoms with Gasteiger partial charge in [-0.2, -0.15) is 0 Å². The summed E-state index contributed by atoms with van der Waals surface area (Å²) in [6, 6.07) is 0. The molecule has 0 fully saturated rings. The molecular formula is C22H52N2O4Si2. The van der Waals surface area contributed by atoms with Crippen LogP contribution in [0.3, 0.4) is 0 Å². The van der Waals surface area contributed by atoms with Crippen LogP contribution in [0, 0.1) is 0 Å². The molecule has 6 nitrogen and oxygen atoms in total. The molecule has 0 rings (SSSR count). The second-order valence-corrected chi connectivity index (χ2v) is 13.1. The summed E-state index contributed by atoms with van der Waals surface area (Å²) in [6.07, 6.45) is 7.43. The fourth-order valence-electron chi connectivity index (χ4n) is 3.45. The minimum absolute atomic E-state index is 0.561. The first-order chi connectivity index (χ1) is 14.6. The quantitative estimate of drug-likeness (QED) is 0.177. The molecule has 2 N–H and O–H groups in total. The van der Waals surface area contributed by atoms with Gasteiger partial charge in [-0.25, -0.2) is 0 Å². The molecule has 0 radical (unpaired) electrons. The van der Waals surface area contributed by atoms with Crippen LogP contribution < -0.4 is 10.6 Å². The largest absolute Gasteiger partial charge is 0.397 e.